The average molecular weight is 297 g/mol. The predicted octanol–water partition coefficient (Wildman–Crippen LogP) is 1.93. The van der Waals surface area contributed by atoms with E-state index >= 15 is 0 Å². The Kier molecular flexibility index (Phi) is 5.42. The zero-order valence-corrected chi connectivity index (χ0v) is 12.7. The molecule has 2 aromatic heterocycles. The maximum absolute atomic E-state index is 4.53. The van der Waals surface area contributed by atoms with Gasteiger partial charge in [0.2, 0.25) is 0 Å². The van der Waals surface area contributed by atoms with E-state index in [1.165, 1.54) is 0 Å². The quantitative estimate of drug-likeness (QED) is 0.765. The second-order valence-electron chi connectivity index (χ2n) is 4.46. The standard InChI is InChI=1S/C15H19N7/c1-16-7-6-14(12-4-5-15(17-2)18-8-12)20-11-19-13-9-21-22(3)10-13/h4-10,19H,1,11H2,2-3H3,(H,17,18)/b7-6-,20-14?. The molecule has 2 rings (SSSR count). The number of aryl methyl sites for hydroxylation is 1. The largest absolute Gasteiger partial charge is 0.373 e. The fourth-order valence-corrected chi connectivity index (χ4v) is 1.79. The van der Waals surface area contributed by atoms with Gasteiger partial charge in [0.05, 0.1) is 17.6 Å². The highest BCUT2D eigenvalue weighted by atomic mass is 15.3. The van der Waals surface area contributed by atoms with Gasteiger partial charge in [0.15, 0.2) is 0 Å². The first-order chi connectivity index (χ1) is 10.7. The van der Waals surface area contributed by atoms with Crippen LogP contribution in [-0.2, 0) is 7.05 Å². The molecule has 0 fully saturated rings. The molecule has 2 aromatic rings. The number of pyridine rings is 1. The molecule has 0 amide bonds. The first-order valence-corrected chi connectivity index (χ1v) is 6.76. The summed E-state index contributed by atoms with van der Waals surface area (Å²) in [5.41, 5.74) is 2.60. The summed E-state index contributed by atoms with van der Waals surface area (Å²) in [4.78, 5) is 12.5. The van der Waals surface area contributed by atoms with Crippen molar-refractivity contribution in [3.8, 4) is 0 Å². The van der Waals surface area contributed by atoms with Gasteiger partial charge in [-0.1, -0.05) is 0 Å². The third-order valence-corrected chi connectivity index (χ3v) is 2.89. The zero-order chi connectivity index (χ0) is 15.8. The number of hydrogen-bond donors (Lipinski definition) is 2. The first-order valence-electron chi connectivity index (χ1n) is 6.76. The van der Waals surface area contributed by atoms with Crippen molar-refractivity contribution in [1.82, 2.24) is 14.8 Å². The third-order valence-electron chi connectivity index (χ3n) is 2.89. The van der Waals surface area contributed by atoms with E-state index in [4.69, 9.17) is 0 Å². The van der Waals surface area contributed by atoms with Gasteiger partial charge in [-0.15, -0.1) is 0 Å². The van der Waals surface area contributed by atoms with E-state index in [9.17, 15) is 0 Å². The molecule has 0 aliphatic carbocycles. The van der Waals surface area contributed by atoms with Crippen LogP contribution in [0, 0.1) is 0 Å². The van der Waals surface area contributed by atoms with Crippen LogP contribution in [0.3, 0.4) is 0 Å². The fourth-order valence-electron chi connectivity index (χ4n) is 1.79. The molecule has 0 spiro atoms. The zero-order valence-electron chi connectivity index (χ0n) is 12.7. The number of hydrogen-bond acceptors (Lipinski definition) is 6. The molecule has 0 atom stereocenters. The minimum Gasteiger partial charge on any atom is -0.373 e. The summed E-state index contributed by atoms with van der Waals surface area (Å²) in [5, 5.41) is 10.3. The van der Waals surface area contributed by atoms with Crippen LogP contribution in [0.4, 0.5) is 11.5 Å². The van der Waals surface area contributed by atoms with Crippen LogP contribution in [0.15, 0.2) is 53.0 Å². The van der Waals surface area contributed by atoms with Crippen LogP contribution >= 0.6 is 0 Å². The lowest BCUT2D eigenvalue weighted by Gasteiger charge is -2.05. The van der Waals surface area contributed by atoms with Crippen LogP contribution in [0.5, 0.6) is 0 Å². The Bertz CT molecular complexity index is 667. The minimum atomic E-state index is 0.427. The Balaban J connectivity index is 2.11. The summed E-state index contributed by atoms with van der Waals surface area (Å²) < 4.78 is 1.73. The molecule has 0 saturated heterocycles. The number of rotatable bonds is 7. The molecule has 0 bridgehead atoms. The molecular formula is C15H19N7. The second kappa shape index (κ2) is 7.72. The van der Waals surface area contributed by atoms with E-state index in [0.29, 0.717) is 6.67 Å². The monoisotopic (exact) mass is 297 g/mol. The summed E-state index contributed by atoms with van der Waals surface area (Å²) in [6.07, 6.45) is 8.81. The molecule has 0 aliphatic heterocycles. The van der Waals surface area contributed by atoms with Crippen molar-refractivity contribution < 1.29 is 0 Å². The van der Waals surface area contributed by atoms with E-state index in [0.717, 1.165) is 22.8 Å². The number of aliphatic imine (C=N–C) groups is 2. The van der Waals surface area contributed by atoms with Crippen molar-refractivity contribution in [2.45, 2.75) is 0 Å². The maximum atomic E-state index is 4.53. The molecule has 2 N–H and O–H groups in total. The van der Waals surface area contributed by atoms with Gasteiger partial charge in [0.1, 0.15) is 12.5 Å². The number of nitrogens with zero attached hydrogens (tertiary/aromatic N) is 5. The van der Waals surface area contributed by atoms with E-state index in [-0.39, 0.29) is 0 Å². The lowest BCUT2D eigenvalue weighted by molar-refractivity contribution is 0.768. The van der Waals surface area contributed by atoms with Crippen LogP contribution in [0.2, 0.25) is 0 Å². The maximum Gasteiger partial charge on any atom is 0.125 e. The Hall–Kier alpha value is -2.96. The normalized spacial score (nSPS) is 11.6. The molecule has 0 aliphatic rings. The van der Waals surface area contributed by atoms with Gasteiger partial charge in [-0.3, -0.25) is 14.7 Å². The molecule has 0 radical (unpaired) electrons. The summed E-state index contributed by atoms with van der Waals surface area (Å²) in [6.45, 7) is 3.87. The minimum absolute atomic E-state index is 0.427. The van der Waals surface area contributed by atoms with Gasteiger partial charge >= 0.3 is 0 Å². The molecule has 0 aromatic carbocycles. The van der Waals surface area contributed by atoms with Crippen LogP contribution in [0.1, 0.15) is 5.56 Å². The summed E-state index contributed by atoms with van der Waals surface area (Å²) in [7, 11) is 3.70. The highest BCUT2D eigenvalue weighted by Crippen LogP contribution is 2.08. The van der Waals surface area contributed by atoms with Crippen molar-refractivity contribution >= 4 is 23.9 Å². The number of aromatic nitrogens is 3. The Morgan fingerprint density at radius 1 is 1.41 bits per heavy atom. The van der Waals surface area contributed by atoms with E-state index in [1.807, 2.05) is 32.4 Å². The Morgan fingerprint density at radius 3 is 2.86 bits per heavy atom. The van der Waals surface area contributed by atoms with E-state index < -0.39 is 0 Å². The highest BCUT2D eigenvalue weighted by molar-refractivity contribution is 6.08. The molecule has 22 heavy (non-hydrogen) atoms. The molecule has 7 nitrogen and oxygen atoms in total. The van der Waals surface area contributed by atoms with E-state index in [1.54, 1.807) is 29.4 Å². The fraction of sp³-hybridized carbons (Fsp3) is 0.200. The molecule has 0 unspecified atom stereocenters. The lowest BCUT2D eigenvalue weighted by atomic mass is 10.1. The van der Waals surface area contributed by atoms with Crippen molar-refractivity contribution in [3.05, 3.63) is 48.6 Å². The number of allylic oxidation sites excluding steroid dienone is 1. The number of nitrogens with one attached hydrogen (secondary N) is 2. The van der Waals surface area contributed by atoms with Crippen LogP contribution in [0.25, 0.3) is 0 Å². The van der Waals surface area contributed by atoms with Gasteiger partial charge in [0.25, 0.3) is 0 Å². The highest BCUT2D eigenvalue weighted by Gasteiger charge is 2.01. The Morgan fingerprint density at radius 2 is 2.27 bits per heavy atom. The van der Waals surface area contributed by atoms with Crippen molar-refractivity contribution in [2.75, 3.05) is 24.3 Å². The van der Waals surface area contributed by atoms with Gasteiger partial charge in [0, 0.05) is 38.3 Å². The topological polar surface area (TPSA) is 79.5 Å². The van der Waals surface area contributed by atoms with Crippen molar-refractivity contribution in [3.63, 3.8) is 0 Å². The van der Waals surface area contributed by atoms with Gasteiger partial charge in [-0.2, -0.15) is 5.10 Å². The SMILES string of the molecule is C=N/C=C\C(=NCNc1cnn(C)c1)c1ccc(NC)nc1. The summed E-state index contributed by atoms with van der Waals surface area (Å²) >= 11 is 0. The van der Waals surface area contributed by atoms with Gasteiger partial charge in [-0.05, 0) is 24.9 Å². The smallest absolute Gasteiger partial charge is 0.125 e. The van der Waals surface area contributed by atoms with Crippen LogP contribution < -0.4 is 10.6 Å². The van der Waals surface area contributed by atoms with Gasteiger partial charge in [-0.25, -0.2) is 4.98 Å². The summed E-state index contributed by atoms with van der Waals surface area (Å²) in [6, 6.07) is 3.85. The third kappa shape index (κ3) is 4.27. The lowest BCUT2D eigenvalue weighted by Crippen LogP contribution is -2.05. The Labute approximate surface area is 129 Å². The van der Waals surface area contributed by atoms with Gasteiger partial charge < -0.3 is 10.6 Å². The molecule has 7 heteroatoms. The molecule has 114 valence electrons. The predicted molar refractivity (Wildman–Crippen MR) is 90.7 cm³/mol. The molecular weight excluding hydrogens is 278 g/mol. The average Bonchev–Trinajstić information content (AvgIpc) is 2.96. The van der Waals surface area contributed by atoms with Crippen molar-refractivity contribution in [2.24, 2.45) is 17.0 Å². The molecule has 2 heterocycles. The first kappa shape index (κ1) is 15.4. The number of anilines is 2. The second-order valence-corrected chi connectivity index (χ2v) is 4.46. The summed E-state index contributed by atoms with van der Waals surface area (Å²) in [5.74, 6) is 0.808. The molecule has 0 saturated carbocycles. The van der Waals surface area contributed by atoms with Crippen molar-refractivity contribution in [1.29, 1.82) is 0 Å². The van der Waals surface area contributed by atoms with E-state index in [2.05, 4.69) is 37.4 Å². The van der Waals surface area contributed by atoms with Crippen LogP contribution in [-0.4, -0.2) is 40.9 Å².